The first-order chi connectivity index (χ1) is 8.29. The summed E-state index contributed by atoms with van der Waals surface area (Å²) in [7, 11) is 0. The summed E-state index contributed by atoms with van der Waals surface area (Å²) in [6, 6.07) is 0. The Morgan fingerprint density at radius 2 is 1.72 bits per heavy atom. The predicted molar refractivity (Wildman–Crippen MR) is 57.4 cm³/mol. The zero-order chi connectivity index (χ0) is 14.3. The molecule has 8 heteroatoms. The van der Waals surface area contributed by atoms with E-state index >= 15 is 0 Å². The number of ketones is 1. The van der Waals surface area contributed by atoms with Crippen molar-refractivity contribution in [2.24, 2.45) is 0 Å². The first-order valence-electron chi connectivity index (χ1n) is 5.31. The highest BCUT2D eigenvalue weighted by atomic mass is 16.5. The number of rotatable bonds is 8. The highest BCUT2D eigenvalue weighted by Crippen LogP contribution is 2.02. The molecular weight excluding hydrogens is 248 g/mol. The maximum Gasteiger partial charge on any atom is 0.308 e. The van der Waals surface area contributed by atoms with E-state index in [4.69, 9.17) is 15.3 Å². The average Bonchev–Trinajstić information content (AvgIpc) is 2.32. The molecule has 0 aliphatic heterocycles. The molecule has 0 radical (unpaired) electrons. The van der Waals surface area contributed by atoms with Crippen molar-refractivity contribution in [1.29, 1.82) is 0 Å². The number of hydrogen-bond donors (Lipinski definition) is 5. The van der Waals surface area contributed by atoms with E-state index in [2.05, 4.69) is 4.74 Å². The lowest BCUT2D eigenvalue weighted by Crippen LogP contribution is -2.45. The Morgan fingerprint density at radius 3 is 2.17 bits per heavy atom. The zero-order valence-corrected chi connectivity index (χ0v) is 9.89. The van der Waals surface area contributed by atoms with Gasteiger partial charge in [-0.25, -0.2) is 0 Å². The van der Waals surface area contributed by atoms with Gasteiger partial charge >= 0.3 is 5.97 Å². The fraction of sp³-hybridized carbons (Fsp3) is 0.800. The van der Waals surface area contributed by atoms with Crippen molar-refractivity contribution < 1.29 is 39.9 Å². The molecule has 0 heterocycles. The maximum absolute atomic E-state index is 11.3. The third-order valence-electron chi connectivity index (χ3n) is 2.07. The number of hydrogen-bond acceptors (Lipinski definition) is 8. The van der Waals surface area contributed by atoms with Crippen molar-refractivity contribution in [2.75, 3.05) is 13.2 Å². The third kappa shape index (κ3) is 6.03. The largest absolute Gasteiger partial charge is 0.457 e. The molecular formula is C10H18O8. The van der Waals surface area contributed by atoms with Crippen molar-refractivity contribution >= 4 is 11.8 Å². The summed E-state index contributed by atoms with van der Waals surface area (Å²) in [6.45, 7) is -0.255. The van der Waals surface area contributed by atoms with E-state index < -0.39 is 49.4 Å². The number of Topliss-reactive ketones (excluding diaryl/α,β-unsaturated/α-hetero) is 1. The van der Waals surface area contributed by atoms with Crippen LogP contribution in [0.1, 0.15) is 13.3 Å². The van der Waals surface area contributed by atoms with Crippen molar-refractivity contribution in [1.82, 2.24) is 0 Å². The highest BCUT2D eigenvalue weighted by molar-refractivity contribution is 5.86. The minimum absolute atomic E-state index is 0.300. The molecule has 0 aliphatic rings. The van der Waals surface area contributed by atoms with Crippen LogP contribution in [0.25, 0.3) is 0 Å². The first kappa shape index (κ1) is 16.9. The molecule has 5 N–H and O–H groups in total. The van der Waals surface area contributed by atoms with E-state index in [1.54, 1.807) is 0 Å². The van der Waals surface area contributed by atoms with Gasteiger partial charge in [0.2, 0.25) is 5.78 Å². The third-order valence-corrected chi connectivity index (χ3v) is 2.07. The van der Waals surface area contributed by atoms with Crippen LogP contribution in [0, 0.1) is 0 Å². The SMILES string of the molecule is CC(O)CC(=O)OCC(=O)[C@H](O)[C@@H](O)[C@H](O)CO. The molecule has 8 nitrogen and oxygen atoms in total. The molecule has 0 aromatic heterocycles. The number of aliphatic hydroxyl groups excluding tert-OH is 5. The molecule has 0 bridgehead atoms. The summed E-state index contributed by atoms with van der Waals surface area (Å²) in [6.07, 6.45) is -6.72. The molecule has 0 spiro atoms. The molecule has 0 aromatic rings. The van der Waals surface area contributed by atoms with E-state index in [9.17, 15) is 19.8 Å². The Bertz CT molecular complexity index is 277. The molecule has 0 saturated carbocycles. The Morgan fingerprint density at radius 1 is 1.17 bits per heavy atom. The van der Waals surface area contributed by atoms with Crippen LogP contribution >= 0.6 is 0 Å². The summed E-state index contributed by atoms with van der Waals surface area (Å²) in [5.74, 6) is -1.85. The Balaban J connectivity index is 4.13. The predicted octanol–water partition coefficient (Wildman–Crippen LogP) is -3.06. The fourth-order valence-corrected chi connectivity index (χ4v) is 1.05. The van der Waals surface area contributed by atoms with Gasteiger partial charge in [0.15, 0.2) is 6.61 Å². The van der Waals surface area contributed by atoms with Crippen LogP contribution < -0.4 is 0 Å². The van der Waals surface area contributed by atoms with Gasteiger partial charge in [0.1, 0.15) is 18.3 Å². The molecule has 0 amide bonds. The lowest BCUT2D eigenvalue weighted by Gasteiger charge is -2.20. The van der Waals surface area contributed by atoms with E-state index in [0.29, 0.717) is 0 Å². The fourth-order valence-electron chi connectivity index (χ4n) is 1.05. The highest BCUT2D eigenvalue weighted by Gasteiger charge is 2.30. The first-order valence-corrected chi connectivity index (χ1v) is 5.31. The lowest BCUT2D eigenvalue weighted by atomic mass is 10.1. The number of aliphatic hydroxyl groups is 5. The van der Waals surface area contributed by atoms with Crippen molar-refractivity contribution in [3.05, 3.63) is 0 Å². The quantitative estimate of drug-likeness (QED) is 0.291. The van der Waals surface area contributed by atoms with Crippen LogP contribution in [-0.4, -0.2) is 74.9 Å². The summed E-state index contributed by atoms with van der Waals surface area (Å²) < 4.78 is 4.44. The number of carbonyl (C=O) groups excluding carboxylic acids is 2. The number of ether oxygens (including phenoxy) is 1. The topological polar surface area (TPSA) is 145 Å². The van der Waals surface area contributed by atoms with Crippen LogP contribution in [0.15, 0.2) is 0 Å². The molecule has 4 atom stereocenters. The average molecular weight is 266 g/mol. The van der Waals surface area contributed by atoms with Crippen molar-refractivity contribution in [3.63, 3.8) is 0 Å². The van der Waals surface area contributed by atoms with E-state index in [1.807, 2.05) is 0 Å². The van der Waals surface area contributed by atoms with Gasteiger partial charge in [-0.3, -0.25) is 9.59 Å². The summed E-state index contributed by atoms with van der Waals surface area (Å²) in [5, 5.41) is 44.8. The summed E-state index contributed by atoms with van der Waals surface area (Å²) in [5.41, 5.74) is 0. The van der Waals surface area contributed by atoms with E-state index in [0.717, 1.165) is 0 Å². The van der Waals surface area contributed by atoms with Gasteiger partial charge in [-0.05, 0) is 6.92 Å². The maximum atomic E-state index is 11.3. The minimum atomic E-state index is -1.97. The normalized spacial score (nSPS) is 17.7. The van der Waals surface area contributed by atoms with Gasteiger partial charge in [-0.2, -0.15) is 0 Å². The van der Waals surface area contributed by atoms with Gasteiger partial charge in [-0.1, -0.05) is 0 Å². The number of esters is 1. The van der Waals surface area contributed by atoms with E-state index in [1.165, 1.54) is 6.92 Å². The molecule has 0 fully saturated rings. The smallest absolute Gasteiger partial charge is 0.308 e. The van der Waals surface area contributed by atoms with Gasteiger partial charge in [0, 0.05) is 0 Å². The van der Waals surface area contributed by atoms with Crippen LogP contribution in [-0.2, 0) is 14.3 Å². The van der Waals surface area contributed by atoms with Gasteiger partial charge in [0.25, 0.3) is 0 Å². The second-order valence-corrected chi connectivity index (χ2v) is 3.87. The van der Waals surface area contributed by atoms with Crippen molar-refractivity contribution in [3.8, 4) is 0 Å². The van der Waals surface area contributed by atoms with Crippen LogP contribution in [0.2, 0.25) is 0 Å². The van der Waals surface area contributed by atoms with Crippen LogP contribution in [0.5, 0.6) is 0 Å². The molecule has 0 aromatic carbocycles. The van der Waals surface area contributed by atoms with Gasteiger partial charge in [0.05, 0.1) is 19.1 Å². The Labute approximate surface area is 103 Å². The molecule has 106 valence electrons. The van der Waals surface area contributed by atoms with Crippen molar-refractivity contribution in [2.45, 2.75) is 37.8 Å². The van der Waals surface area contributed by atoms with Gasteiger partial charge < -0.3 is 30.3 Å². The van der Waals surface area contributed by atoms with Gasteiger partial charge in [-0.15, -0.1) is 0 Å². The molecule has 1 unspecified atom stereocenters. The standard InChI is InChI=1S/C10H18O8/c1-5(12)2-8(15)18-4-7(14)10(17)9(16)6(13)3-11/h5-6,9-13,16-17H,2-4H2,1H3/t5?,6-,9+,10+/m1/s1. The van der Waals surface area contributed by atoms with Crippen LogP contribution in [0.3, 0.4) is 0 Å². The Hall–Kier alpha value is -1.06. The van der Waals surface area contributed by atoms with E-state index in [-0.39, 0.29) is 6.42 Å². The summed E-state index contributed by atoms with van der Waals surface area (Å²) in [4.78, 5) is 22.2. The molecule has 0 saturated heterocycles. The second-order valence-electron chi connectivity index (χ2n) is 3.87. The summed E-state index contributed by atoms with van der Waals surface area (Å²) >= 11 is 0. The number of carbonyl (C=O) groups is 2. The molecule has 18 heavy (non-hydrogen) atoms. The molecule has 0 aliphatic carbocycles. The monoisotopic (exact) mass is 266 g/mol. The zero-order valence-electron chi connectivity index (χ0n) is 9.89. The minimum Gasteiger partial charge on any atom is -0.457 e. The molecule has 0 rings (SSSR count). The van der Waals surface area contributed by atoms with Crippen LogP contribution in [0.4, 0.5) is 0 Å². The lowest BCUT2D eigenvalue weighted by molar-refractivity contribution is -0.156. The second kappa shape index (κ2) is 8.11. The Kier molecular flexibility index (Phi) is 7.64.